The molecule has 0 aliphatic carbocycles. The van der Waals surface area contributed by atoms with Gasteiger partial charge in [-0.05, 0) is 24.1 Å². The van der Waals surface area contributed by atoms with Crippen LogP contribution in [0.3, 0.4) is 0 Å². The van der Waals surface area contributed by atoms with Gasteiger partial charge in [0.05, 0.1) is 11.5 Å². The van der Waals surface area contributed by atoms with E-state index in [2.05, 4.69) is 43.4 Å². The molecule has 1 N–H and O–H groups in total. The number of hydrogen-bond donors (Lipinski definition) is 1. The molecule has 5 heteroatoms. The van der Waals surface area contributed by atoms with E-state index in [0.29, 0.717) is 17.5 Å². The van der Waals surface area contributed by atoms with Gasteiger partial charge in [0, 0.05) is 22.7 Å². The number of rotatable bonds is 5. The topological polar surface area (TPSA) is 46.2 Å². The fourth-order valence-electron chi connectivity index (χ4n) is 2.05. The van der Waals surface area contributed by atoms with E-state index in [4.69, 9.17) is 0 Å². The summed E-state index contributed by atoms with van der Waals surface area (Å²) < 4.78 is 22.8. The molecule has 1 fully saturated rings. The number of hydrogen-bond acceptors (Lipinski definition) is 4. The largest absolute Gasteiger partial charge is 0.310 e. The van der Waals surface area contributed by atoms with Crippen molar-refractivity contribution >= 4 is 21.6 Å². The van der Waals surface area contributed by atoms with E-state index in [1.165, 1.54) is 5.56 Å². The Morgan fingerprint density at radius 1 is 1.32 bits per heavy atom. The van der Waals surface area contributed by atoms with E-state index in [-0.39, 0.29) is 5.25 Å². The summed E-state index contributed by atoms with van der Waals surface area (Å²) in [6.07, 6.45) is 0.781. The Bertz CT molecular complexity index is 509. The Hall–Kier alpha value is -0.520. The molecule has 1 atom stereocenters. The molecule has 106 valence electrons. The van der Waals surface area contributed by atoms with E-state index in [0.717, 1.165) is 17.9 Å². The van der Waals surface area contributed by atoms with Crippen LogP contribution in [0.25, 0.3) is 0 Å². The van der Waals surface area contributed by atoms with Crippen LogP contribution in [0, 0.1) is 0 Å². The van der Waals surface area contributed by atoms with Crippen molar-refractivity contribution in [2.75, 3.05) is 11.5 Å². The van der Waals surface area contributed by atoms with Gasteiger partial charge in [0.15, 0.2) is 9.84 Å². The van der Waals surface area contributed by atoms with Gasteiger partial charge in [-0.1, -0.05) is 26.0 Å². The van der Waals surface area contributed by atoms with Crippen molar-refractivity contribution in [2.24, 2.45) is 0 Å². The van der Waals surface area contributed by atoms with Gasteiger partial charge in [0.25, 0.3) is 0 Å². The maximum atomic E-state index is 11.4. The summed E-state index contributed by atoms with van der Waals surface area (Å²) in [5.41, 5.74) is 1.26. The van der Waals surface area contributed by atoms with E-state index in [9.17, 15) is 8.42 Å². The first-order valence-electron chi connectivity index (χ1n) is 6.64. The highest BCUT2D eigenvalue weighted by Crippen LogP contribution is 2.30. The van der Waals surface area contributed by atoms with Crippen LogP contribution in [0.1, 0.15) is 25.8 Å². The molecule has 1 aliphatic rings. The molecule has 1 heterocycles. The predicted molar refractivity (Wildman–Crippen MR) is 81.3 cm³/mol. The lowest BCUT2D eigenvalue weighted by atomic mass is 10.2. The second kappa shape index (κ2) is 6.29. The zero-order chi connectivity index (χ0) is 13.9. The SMILES string of the molecule is CC(C)NCc1ccc(SC2CCS(=O)(=O)C2)cc1. The summed E-state index contributed by atoms with van der Waals surface area (Å²) in [5.74, 6) is 0.676. The lowest BCUT2D eigenvalue weighted by Gasteiger charge is -2.10. The van der Waals surface area contributed by atoms with Gasteiger partial charge in [-0.25, -0.2) is 8.42 Å². The molecule has 0 aromatic heterocycles. The highest BCUT2D eigenvalue weighted by Gasteiger charge is 2.28. The highest BCUT2D eigenvalue weighted by molar-refractivity contribution is 8.01. The molecule has 0 amide bonds. The van der Waals surface area contributed by atoms with Crippen molar-refractivity contribution in [1.29, 1.82) is 0 Å². The number of benzene rings is 1. The van der Waals surface area contributed by atoms with E-state index in [1.807, 2.05) is 0 Å². The molecule has 0 saturated carbocycles. The van der Waals surface area contributed by atoms with Crippen LogP contribution in [0.4, 0.5) is 0 Å². The number of thioether (sulfide) groups is 1. The Kier molecular flexibility index (Phi) is 4.92. The average Bonchev–Trinajstić information content (AvgIpc) is 2.68. The van der Waals surface area contributed by atoms with Gasteiger partial charge < -0.3 is 5.32 Å². The summed E-state index contributed by atoms with van der Waals surface area (Å²) in [4.78, 5) is 1.16. The lowest BCUT2D eigenvalue weighted by molar-refractivity contribution is 0.588. The van der Waals surface area contributed by atoms with Crippen molar-refractivity contribution < 1.29 is 8.42 Å². The Morgan fingerprint density at radius 2 is 2.00 bits per heavy atom. The van der Waals surface area contributed by atoms with Crippen molar-refractivity contribution in [2.45, 2.75) is 43.0 Å². The number of sulfone groups is 1. The molecular weight excluding hydrogens is 278 g/mol. The highest BCUT2D eigenvalue weighted by atomic mass is 32.2. The summed E-state index contributed by atoms with van der Waals surface area (Å²) in [6, 6.07) is 8.89. The van der Waals surface area contributed by atoms with Crippen LogP contribution in [-0.2, 0) is 16.4 Å². The molecule has 0 spiro atoms. The molecule has 1 aromatic rings. The quantitative estimate of drug-likeness (QED) is 0.907. The first-order valence-corrected chi connectivity index (χ1v) is 9.34. The fraction of sp³-hybridized carbons (Fsp3) is 0.571. The lowest BCUT2D eigenvalue weighted by Crippen LogP contribution is -2.21. The minimum absolute atomic E-state index is 0.227. The zero-order valence-electron chi connectivity index (χ0n) is 11.4. The van der Waals surface area contributed by atoms with Crippen molar-refractivity contribution in [3.8, 4) is 0 Å². The van der Waals surface area contributed by atoms with Crippen LogP contribution in [0.5, 0.6) is 0 Å². The average molecular weight is 299 g/mol. The monoisotopic (exact) mass is 299 g/mol. The third kappa shape index (κ3) is 4.82. The molecule has 2 rings (SSSR count). The van der Waals surface area contributed by atoms with Gasteiger partial charge in [0.1, 0.15) is 0 Å². The van der Waals surface area contributed by atoms with Gasteiger partial charge >= 0.3 is 0 Å². The third-order valence-corrected chi connectivity index (χ3v) is 6.39. The summed E-state index contributed by atoms with van der Waals surface area (Å²) >= 11 is 1.69. The molecule has 3 nitrogen and oxygen atoms in total. The first kappa shape index (κ1) is 14.9. The van der Waals surface area contributed by atoms with Gasteiger partial charge in [-0.15, -0.1) is 11.8 Å². The minimum Gasteiger partial charge on any atom is -0.310 e. The molecule has 1 unspecified atom stereocenters. The Balaban J connectivity index is 1.88. The smallest absolute Gasteiger partial charge is 0.151 e. The van der Waals surface area contributed by atoms with Gasteiger partial charge in [-0.3, -0.25) is 0 Å². The minimum atomic E-state index is -2.77. The second-order valence-electron chi connectivity index (χ2n) is 5.32. The molecule has 1 aliphatic heterocycles. The fourth-order valence-corrected chi connectivity index (χ4v) is 5.55. The van der Waals surface area contributed by atoms with Crippen molar-refractivity contribution in [1.82, 2.24) is 5.32 Å². The molecule has 1 aromatic carbocycles. The first-order chi connectivity index (χ1) is 8.94. The third-order valence-electron chi connectivity index (χ3n) is 3.13. The van der Waals surface area contributed by atoms with Crippen molar-refractivity contribution in [3.63, 3.8) is 0 Å². The normalized spacial score (nSPS) is 21.9. The molecule has 19 heavy (non-hydrogen) atoms. The maximum Gasteiger partial charge on any atom is 0.151 e. The molecular formula is C14H21NO2S2. The molecule has 0 radical (unpaired) electrons. The van der Waals surface area contributed by atoms with E-state index < -0.39 is 9.84 Å². The molecule has 0 bridgehead atoms. The zero-order valence-corrected chi connectivity index (χ0v) is 13.1. The second-order valence-corrected chi connectivity index (χ2v) is 8.92. The van der Waals surface area contributed by atoms with Crippen LogP contribution in [-0.4, -0.2) is 31.2 Å². The van der Waals surface area contributed by atoms with Crippen LogP contribution in [0.2, 0.25) is 0 Å². The number of nitrogens with one attached hydrogen (secondary N) is 1. The molecule has 1 saturated heterocycles. The van der Waals surface area contributed by atoms with Gasteiger partial charge in [0.2, 0.25) is 0 Å². The predicted octanol–water partition coefficient (Wildman–Crippen LogP) is 2.46. The van der Waals surface area contributed by atoms with Crippen LogP contribution in [0.15, 0.2) is 29.2 Å². The van der Waals surface area contributed by atoms with Crippen LogP contribution < -0.4 is 5.32 Å². The van der Waals surface area contributed by atoms with Gasteiger partial charge in [-0.2, -0.15) is 0 Å². The van der Waals surface area contributed by atoms with Crippen molar-refractivity contribution in [3.05, 3.63) is 29.8 Å². The summed E-state index contributed by atoms with van der Waals surface area (Å²) in [6.45, 7) is 5.13. The summed E-state index contributed by atoms with van der Waals surface area (Å²) in [7, 11) is -2.77. The van der Waals surface area contributed by atoms with E-state index in [1.54, 1.807) is 11.8 Å². The Morgan fingerprint density at radius 3 is 2.53 bits per heavy atom. The maximum absolute atomic E-state index is 11.4. The van der Waals surface area contributed by atoms with E-state index >= 15 is 0 Å². The standard InChI is InChI=1S/C14H21NO2S2/c1-11(2)15-9-12-3-5-13(6-4-12)18-14-7-8-19(16,17)10-14/h3-6,11,14-15H,7-10H2,1-2H3. The summed E-state index contributed by atoms with van der Waals surface area (Å²) in [5, 5.41) is 3.61. The van der Waals surface area contributed by atoms with Crippen LogP contribution >= 0.6 is 11.8 Å². The Labute approximate surface area is 120 Å².